The maximum Gasteiger partial charge on any atom is 1.00 e. The summed E-state index contributed by atoms with van der Waals surface area (Å²) in [6.45, 7) is 0. The molecule has 0 aliphatic carbocycles. The quantitative estimate of drug-likeness (QED) is 0.553. The monoisotopic (exact) mass is 343 g/mol. The van der Waals surface area contributed by atoms with Gasteiger partial charge in [0.2, 0.25) is 16.5 Å². The number of hydrogen-bond acceptors (Lipinski definition) is 4. The van der Waals surface area contributed by atoms with Crippen LogP contribution in [0, 0.1) is 0 Å². The summed E-state index contributed by atoms with van der Waals surface area (Å²) in [5, 5.41) is 3.49. The minimum absolute atomic E-state index is 0. The first-order valence-electron chi connectivity index (χ1n) is 4.24. The summed E-state index contributed by atoms with van der Waals surface area (Å²) in [7, 11) is 0. The summed E-state index contributed by atoms with van der Waals surface area (Å²) < 4.78 is 0. The van der Waals surface area contributed by atoms with Crippen molar-refractivity contribution in [3.05, 3.63) is 39.9 Å². The molecule has 0 unspecified atom stereocenters. The smallest absolute Gasteiger partial charge is 0.323 e. The van der Waals surface area contributed by atoms with Crippen molar-refractivity contribution in [3.63, 3.8) is 0 Å². The van der Waals surface area contributed by atoms with E-state index >= 15 is 0 Å². The standard InChI is InChI=1S/C9H5Cl3N4.3Na/c10-5-3-1-2-4-6(5)13-9-15-7(11)14-8(12)16-9;;;/h1-4H,(H,13,14,15,16);;;/q;3*+1. The second-order valence-corrected chi connectivity index (χ2v) is 3.89. The van der Waals surface area contributed by atoms with Crippen LogP contribution in [-0.4, -0.2) is 15.0 Å². The second kappa shape index (κ2) is 11.5. The molecule has 0 spiro atoms. The first-order valence-corrected chi connectivity index (χ1v) is 5.37. The van der Waals surface area contributed by atoms with Crippen LogP contribution in [0.5, 0.6) is 0 Å². The molecular weight excluding hydrogens is 339 g/mol. The molecule has 1 aromatic heterocycles. The number of anilines is 2. The Labute approximate surface area is 192 Å². The van der Waals surface area contributed by atoms with E-state index in [9.17, 15) is 0 Å². The molecule has 0 saturated carbocycles. The number of rotatable bonds is 2. The summed E-state index contributed by atoms with van der Waals surface area (Å²) in [6, 6.07) is 7.18. The Morgan fingerprint density at radius 3 is 1.84 bits per heavy atom. The van der Waals surface area contributed by atoms with Crippen LogP contribution in [0.15, 0.2) is 24.3 Å². The Balaban J connectivity index is 0. The normalized spacial score (nSPS) is 8.58. The average Bonchev–Trinajstić information content (AvgIpc) is 2.20. The predicted octanol–water partition coefficient (Wildman–Crippen LogP) is -5.41. The summed E-state index contributed by atoms with van der Waals surface area (Å²) >= 11 is 17.2. The van der Waals surface area contributed by atoms with Crippen molar-refractivity contribution in [2.24, 2.45) is 0 Å². The van der Waals surface area contributed by atoms with Gasteiger partial charge >= 0.3 is 88.7 Å². The second-order valence-electron chi connectivity index (χ2n) is 2.80. The molecule has 0 atom stereocenters. The van der Waals surface area contributed by atoms with E-state index in [-0.39, 0.29) is 105 Å². The van der Waals surface area contributed by atoms with Crippen molar-refractivity contribution >= 4 is 46.4 Å². The van der Waals surface area contributed by atoms with Gasteiger partial charge in [0.15, 0.2) is 0 Å². The van der Waals surface area contributed by atoms with Crippen molar-refractivity contribution < 1.29 is 88.7 Å². The Hall–Kier alpha value is 1.90. The van der Waals surface area contributed by atoms with E-state index in [0.29, 0.717) is 10.7 Å². The van der Waals surface area contributed by atoms with Gasteiger partial charge in [-0.25, -0.2) is 0 Å². The number of halogens is 3. The molecule has 82 valence electrons. The number of aromatic nitrogens is 3. The fourth-order valence-corrected chi connectivity index (χ4v) is 1.61. The van der Waals surface area contributed by atoms with E-state index in [0.717, 1.165) is 0 Å². The molecule has 1 aromatic carbocycles. The van der Waals surface area contributed by atoms with Crippen LogP contribution in [0.1, 0.15) is 0 Å². The van der Waals surface area contributed by atoms with E-state index in [1.807, 2.05) is 12.1 Å². The maximum atomic E-state index is 5.95. The summed E-state index contributed by atoms with van der Waals surface area (Å²) in [6.07, 6.45) is 0. The molecule has 10 heteroatoms. The van der Waals surface area contributed by atoms with E-state index in [4.69, 9.17) is 34.8 Å². The predicted molar refractivity (Wildman–Crippen MR) is 64.6 cm³/mol. The van der Waals surface area contributed by atoms with E-state index in [1.54, 1.807) is 12.1 Å². The zero-order valence-corrected chi connectivity index (χ0v) is 19.1. The SMILES string of the molecule is Clc1nc(Cl)nc(Nc2ccccc2Cl)n1.[Na+].[Na+].[Na+]. The van der Waals surface area contributed by atoms with Crippen LogP contribution < -0.4 is 94.0 Å². The summed E-state index contributed by atoms with van der Waals surface area (Å²) in [5.41, 5.74) is 0.669. The molecule has 0 fully saturated rings. The van der Waals surface area contributed by atoms with Crippen LogP contribution in [0.4, 0.5) is 11.6 Å². The van der Waals surface area contributed by atoms with Crippen LogP contribution in [-0.2, 0) is 0 Å². The molecule has 0 saturated heterocycles. The van der Waals surface area contributed by atoms with Gasteiger partial charge in [0.1, 0.15) is 0 Å². The number of nitrogens with zero attached hydrogens (tertiary/aromatic N) is 3. The third-order valence-electron chi connectivity index (χ3n) is 1.70. The fraction of sp³-hybridized carbons (Fsp3) is 0. The molecule has 4 nitrogen and oxygen atoms in total. The van der Waals surface area contributed by atoms with Crippen LogP contribution >= 0.6 is 34.8 Å². The first kappa shape index (κ1) is 23.2. The van der Waals surface area contributed by atoms with Gasteiger partial charge in [0, 0.05) is 0 Å². The Morgan fingerprint density at radius 2 is 1.32 bits per heavy atom. The van der Waals surface area contributed by atoms with E-state index in [2.05, 4.69) is 20.3 Å². The third-order valence-corrected chi connectivity index (χ3v) is 2.37. The minimum atomic E-state index is 0. The van der Waals surface area contributed by atoms with Crippen molar-refractivity contribution in [2.75, 3.05) is 5.32 Å². The summed E-state index contributed by atoms with van der Waals surface area (Å²) in [4.78, 5) is 11.4. The number of benzene rings is 1. The van der Waals surface area contributed by atoms with Crippen LogP contribution in [0.2, 0.25) is 15.6 Å². The van der Waals surface area contributed by atoms with Crippen molar-refractivity contribution in [3.8, 4) is 0 Å². The molecule has 19 heavy (non-hydrogen) atoms. The van der Waals surface area contributed by atoms with Crippen LogP contribution in [0.25, 0.3) is 0 Å². The molecule has 0 radical (unpaired) electrons. The van der Waals surface area contributed by atoms with Gasteiger partial charge in [-0.15, -0.1) is 0 Å². The number of hydrogen-bond donors (Lipinski definition) is 1. The third kappa shape index (κ3) is 7.63. The Morgan fingerprint density at radius 1 is 0.789 bits per heavy atom. The maximum absolute atomic E-state index is 5.95. The van der Waals surface area contributed by atoms with Crippen LogP contribution in [0.3, 0.4) is 0 Å². The molecule has 0 bridgehead atoms. The first-order chi connectivity index (χ1) is 7.65. The number of nitrogens with one attached hydrogen (secondary N) is 1. The van der Waals surface area contributed by atoms with Crippen molar-refractivity contribution in [1.29, 1.82) is 0 Å². The zero-order valence-electron chi connectivity index (χ0n) is 10.8. The van der Waals surface area contributed by atoms with Gasteiger partial charge in [0.05, 0.1) is 10.7 Å². The van der Waals surface area contributed by atoms with Gasteiger partial charge in [-0.05, 0) is 35.3 Å². The minimum Gasteiger partial charge on any atom is -0.323 e. The average molecular weight is 344 g/mol. The molecule has 2 aromatic rings. The number of para-hydroxylation sites is 1. The molecule has 1 heterocycles. The van der Waals surface area contributed by atoms with Gasteiger partial charge in [0.25, 0.3) is 0 Å². The van der Waals surface area contributed by atoms with Gasteiger partial charge < -0.3 is 5.32 Å². The molecule has 2 rings (SSSR count). The molecular formula is C9H5Cl3N4Na3+3. The van der Waals surface area contributed by atoms with Gasteiger partial charge in [-0.1, -0.05) is 23.7 Å². The largest absolute Gasteiger partial charge is 1.00 e. The molecule has 0 aliphatic heterocycles. The van der Waals surface area contributed by atoms with E-state index < -0.39 is 0 Å². The molecule has 1 N–H and O–H groups in total. The van der Waals surface area contributed by atoms with E-state index in [1.165, 1.54) is 0 Å². The topological polar surface area (TPSA) is 50.7 Å². The van der Waals surface area contributed by atoms with Gasteiger partial charge in [-0.3, -0.25) is 0 Å². The van der Waals surface area contributed by atoms with Gasteiger partial charge in [-0.2, -0.15) is 15.0 Å². The van der Waals surface area contributed by atoms with Crippen molar-refractivity contribution in [2.45, 2.75) is 0 Å². The van der Waals surface area contributed by atoms with Crippen molar-refractivity contribution in [1.82, 2.24) is 15.0 Å². The Kier molecular flexibility index (Phi) is 14.0. The zero-order chi connectivity index (χ0) is 11.5. The summed E-state index contributed by atoms with van der Waals surface area (Å²) in [5.74, 6) is 0.248. The molecule has 0 aliphatic rings. The fourth-order valence-electron chi connectivity index (χ4n) is 1.06. The Bertz CT molecular complexity index is 510. The molecule has 0 amide bonds.